The standard InChI is InChI=1S/C13H18N2O4S/c1-10(12-5-6-12)14(2)20(18,19)9-11-3-7-13(8-4-11)15(16)17/h3-4,7-8,10,12H,5-6,9H2,1-2H3/t10-/m0/s1. The zero-order chi connectivity index (χ0) is 14.9. The number of non-ortho nitro benzene ring substituents is 1. The second kappa shape index (κ2) is 5.49. The second-order valence-electron chi connectivity index (χ2n) is 5.27. The van der Waals surface area contributed by atoms with Crippen LogP contribution in [0.15, 0.2) is 24.3 Å². The summed E-state index contributed by atoms with van der Waals surface area (Å²) >= 11 is 0. The summed E-state index contributed by atoms with van der Waals surface area (Å²) in [4.78, 5) is 10.1. The van der Waals surface area contributed by atoms with Crippen molar-refractivity contribution in [1.29, 1.82) is 0 Å². The first-order valence-electron chi connectivity index (χ1n) is 6.50. The maximum atomic E-state index is 12.3. The highest BCUT2D eigenvalue weighted by atomic mass is 32.2. The van der Waals surface area contributed by atoms with Crippen molar-refractivity contribution in [2.75, 3.05) is 7.05 Å². The Bertz CT molecular complexity index is 593. The molecule has 1 fully saturated rings. The van der Waals surface area contributed by atoms with Crippen molar-refractivity contribution in [3.8, 4) is 0 Å². The summed E-state index contributed by atoms with van der Waals surface area (Å²) in [5.41, 5.74) is 0.524. The van der Waals surface area contributed by atoms with Crippen LogP contribution in [0.1, 0.15) is 25.3 Å². The molecule has 0 radical (unpaired) electrons. The highest BCUT2D eigenvalue weighted by molar-refractivity contribution is 7.88. The van der Waals surface area contributed by atoms with Crippen molar-refractivity contribution < 1.29 is 13.3 Å². The average Bonchev–Trinajstić information content (AvgIpc) is 3.21. The Kier molecular flexibility index (Phi) is 4.10. The van der Waals surface area contributed by atoms with Crippen LogP contribution in [0.5, 0.6) is 0 Å². The summed E-state index contributed by atoms with van der Waals surface area (Å²) in [7, 11) is -1.79. The fraction of sp³-hybridized carbons (Fsp3) is 0.538. The molecule has 7 heteroatoms. The molecule has 0 bridgehead atoms. The van der Waals surface area contributed by atoms with Crippen molar-refractivity contribution in [1.82, 2.24) is 4.31 Å². The van der Waals surface area contributed by atoms with Crippen LogP contribution in [0, 0.1) is 16.0 Å². The molecule has 2 rings (SSSR count). The predicted octanol–water partition coefficient (Wildman–Crippen LogP) is 2.15. The molecule has 0 aliphatic heterocycles. The molecule has 0 heterocycles. The van der Waals surface area contributed by atoms with E-state index in [1.165, 1.54) is 28.6 Å². The van der Waals surface area contributed by atoms with E-state index in [-0.39, 0.29) is 17.5 Å². The Hall–Kier alpha value is -1.47. The molecule has 1 aromatic rings. The minimum Gasteiger partial charge on any atom is -0.258 e. The third kappa shape index (κ3) is 3.34. The lowest BCUT2D eigenvalue weighted by Crippen LogP contribution is -2.37. The lowest BCUT2D eigenvalue weighted by molar-refractivity contribution is -0.384. The maximum absolute atomic E-state index is 12.3. The van der Waals surface area contributed by atoms with Crippen LogP contribution in [0.25, 0.3) is 0 Å². The Balaban J connectivity index is 2.09. The fourth-order valence-corrected chi connectivity index (χ4v) is 3.65. The van der Waals surface area contributed by atoms with E-state index < -0.39 is 14.9 Å². The zero-order valence-corrected chi connectivity index (χ0v) is 12.3. The SMILES string of the molecule is C[C@@H](C1CC1)N(C)S(=O)(=O)Cc1ccc([N+](=O)[O-])cc1. The van der Waals surface area contributed by atoms with E-state index in [1.807, 2.05) is 6.92 Å². The molecule has 6 nitrogen and oxygen atoms in total. The van der Waals surface area contributed by atoms with E-state index in [1.54, 1.807) is 7.05 Å². The third-order valence-electron chi connectivity index (χ3n) is 3.81. The number of sulfonamides is 1. The van der Waals surface area contributed by atoms with Gasteiger partial charge >= 0.3 is 0 Å². The van der Waals surface area contributed by atoms with Crippen LogP contribution in [0.2, 0.25) is 0 Å². The van der Waals surface area contributed by atoms with Crippen molar-refractivity contribution in [3.05, 3.63) is 39.9 Å². The number of benzene rings is 1. The number of nitro groups is 1. The van der Waals surface area contributed by atoms with Crippen molar-refractivity contribution >= 4 is 15.7 Å². The Morgan fingerprint density at radius 1 is 1.35 bits per heavy atom. The third-order valence-corrected chi connectivity index (χ3v) is 5.72. The van der Waals surface area contributed by atoms with Crippen LogP contribution < -0.4 is 0 Å². The smallest absolute Gasteiger partial charge is 0.258 e. The lowest BCUT2D eigenvalue weighted by Gasteiger charge is -2.24. The fourth-order valence-electron chi connectivity index (χ4n) is 2.16. The van der Waals surface area contributed by atoms with Gasteiger partial charge in [-0.3, -0.25) is 10.1 Å². The largest absolute Gasteiger partial charge is 0.269 e. The van der Waals surface area contributed by atoms with Crippen LogP contribution in [-0.4, -0.2) is 30.7 Å². The molecule has 1 aromatic carbocycles. The number of hydrogen-bond donors (Lipinski definition) is 0. The summed E-state index contributed by atoms with van der Waals surface area (Å²) in [6, 6.07) is 5.65. The minimum absolute atomic E-state index is 0.0121. The van der Waals surface area contributed by atoms with E-state index >= 15 is 0 Å². The highest BCUT2D eigenvalue weighted by Gasteiger charge is 2.35. The molecule has 1 atom stereocenters. The quantitative estimate of drug-likeness (QED) is 0.595. The first-order chi connectivity index (χ1) is 9.31. The topological polar surface area (TPSA) is 80.5 Å². The van der Waals surface area contributed by atoms with E-state index in [2.05, 4.69) is 0 Å². The highest BCUT2D eigenvalue weighted by Crippen LogP contribution is 2.35. The van der Waals surface area contributed by atoms with Gasteiger partial charge in [0.05, 0.1) is 10.7 Å². The summed E-state index contributed by atoms with van der Waals surface area (Å²) < 4.78 is 26.0. The number of nitro benzene ring substituents is 1. The van der Waals surface area contributed by atoms with Gasteiger partial charge < -0.3 is 0 Å². The lowest BCUT2D eigenvalue weighted by atomic mass is 10.2. The van der Waals surface area contributed by atoms with Crippen molar-refractivity contribution in [2.24, 2.45) is 5.92 Å². The zero-order valence-electron chi connectivity index (χ0n) is 11.5. The molecule has 0 aromatic heterocycles. The van der Waals surface area contributed by atoms with Gasteiger partial charge in [-0.2, -0.15) is 0 Å². The second-order valence-corrected chi connectivity index (χ2v) is 7.30. The number of nitrogens with zero attached hydrogens (tertiary/aromatic N) is 2. The first kappa shape index (κ1) is 14.9. The van der Waals surface area contributed by atoms with Crippen molar-refractivity contribution in [2.45, 2.75) is 31.6 Å². The van der Waals surface area contributed by atoms with E-state index in [0.29, 0.717) is 11.5 Å². The van der Waals surface area contributed by atoms with E-state index in [4.69, 9.17) is 0 Å². The Morgan fingerprint density at radius 3 is 2.35 bits per heavy atom. The van der Waals surface area contributed by atoms with Crippen LogP contribution in [0.4, 0.5) is 5.69 Å². The molecule has 1 aliphatic rings. The van der Waals surface area contributed by atoms with Gasteiger partial charge in [-0.25, -0.2) is 12.7 Å². The van der Waals surface area contributed by atoms with Gasteiger partial charge in [-0.1, -0.05) is 12.1 Å². The molecular formula is C13H18N2O4S. The van der Waals surface area contributed by atoms with Crippen LogP contribution in [-0.2, 0) is 15.8 Å². The summed E-state index contributed by atoms with van der Waals surface area (Å²) in [6.45, 7) is 1.92. The van der Waals surface area contributed by atoms with Gasteiger partial charge in [-0.15, -0.1) is 0 Å². The summed E-state index contributed by atoms with van der Waals surface area (Å²) in [6.07, 6.45) is 2.16. The van der Waals surface area contributed by atoms with Gasteiger partial charge in [-0.05, 0) is 31.2 Å². The normalized spacial score (nSPS) is 17.1. The van der Waals surface area contributed by atoms with Gasteiger partial charge in [0.15, 0.2) is 0 Å². The van der Waals surface area contributed by atoms with E-state index in [0.717, 1.165) is 12.8 Å². The molecule has 0 spiro atoms. The molecule has 0 N–H and O–H groups in total. The predicted molar refractivity (Wildman–Crippen MR) is 75.7 cm³/mol. The van der Waals surface area contributed by atoms with Gasteiger partial charge in [0, 0.05) is 25.2 Å². The monoisotopic (exact) mass is 298 g/mol. The van der Waals surface area contributed by atoms with Crippen LogP contribution in [0.3, 0.4) is 0 Å². The maximum Gasteiger partial charge on any atom is 0.269 e. The number of hydrogen-bond acceptors (Lipinski definition) is 4. The molecule has 110 valence electrons. The number of rotatable bonds is 6. The summed E-state index contributed by atoms with van der Waals surface area (Å²) in [5.74, 6) is 0.338. The first-order valence-corrected chi connectivity index (χ1v) is 8.11. The van der Waals surface area contributed by atoms with Gasteiger partial charge in [0.25, 0.3) is 5.69 Å². The molecule has 1 aliphatic carbocycles. The molecule has 0 unspecified atom stereocenters. The van der Waals surface area contributed by atoms with Gasteiger partial charge in [0.1, 0.15) is 0 Å². The Labute approximate surface area is 118 Å². The average molecular weight is 298 g/mol. The molecular weight excluding hydrogens is 280 g/mol. The minimum atomic E-state index is -3.39. The van der Waals surface area contributed by atoms with E-state index in [9.17, 15) is 18.5 Å². The summed E-state index contributed by atoms with van der Waals surface area (Å²) in [5, 5.41) is 10.6. The molecule has 20 heavy (non-hydrogen) atoms. The Morgan fingerprint density at radius 2 is 1.90 bits per heavy atom. The molecule has 0 amide bonds. The molecule has 1 saturated carbocycles. The molecule has 0 saturated heterocycles. The van der Waals surface area contributed by atoms with Gasteiger partial charge in [0.2, 0.25) is 10.0 Å². The van der Waals surface area contributed by atoms with Crippen LogP contribution >= 0.6 is 0 Å². The van der Waals surface area contributed by atoms with Crippen molar-refractivity contribution in [3.63, 3.8) is 0 Å².